The van der Waals surface area contributed by atoms with E-state index in [9.17, 15) is 14.0 Å². The molecule has 0 saturated heterocycles. The van der Waals surface area contributed by atoms with Crippen molar-refractivity contribution in [2.24, 2.45) is 0 Å². The first kappa shape index (κ1) is 19.2. The molecule has 1 N–H and O–H groups in total. The van der Waals surface area contributed by atoms with Crippen LogP contribution < -0.4 is 14.8 Å². The van der Waals surface area contributed by atoms with Crippen molar-refractivity contribution in [1.82, 2.24) is 0 Å². The molecule has 138 valence electrons. The zero-order chi connectivity index (χ0) is 18.9. The van der Waals surface area contributed by atoms with Gasteiger partial charge in [0, 0.05) is 0 Å². The number of halogens is 1. The van der Waals surface area contributed by atoms with Crippen molar-refractivity contribution in [2.45, 2.75) is 20.0 Å². The third-order valence-corrected chi connectivity index (χ3v) is 3.26. The second kappa shape index (κ2) is 9.41. The molecule has 0 unspecified atom stereocenters. The average Bonchev–Trinajstić information content (AvgIpc) is 2.63. The van der Waals surface area contributed by atoms with E-state index in [-0.39, 0.29) is 0 Å². The Bertz CT molecular complexity index is 748. The molecule has 0 aliphatic heterocycles. The Labute approximate surface area is 150 Å². The maximum absolute atomic E-state index is 12.8. The summed E-state index contributed by atoms with van der Waals surface area (Å²) in [6.45, 7) is 3.31. The van der Waals surface area contributed by atoms with Gasteiger partial charge in [-0.2, -0.15) is 0 Å². The molecule has 0 fully saturated rings. The average molecular weight is 361 g/mol. The molecular weight excluding hydrogens is 341 g/mol. The zero-order valence-electron chi connectivity index (χ0n) is 14.5. The van der Waals surface area contributed by atoms with Gasteiger partial charge >= 0.3 is 5.97 Å². The second-order valence-electron chi connectivity index (χ2n) is 5.30. The highest BCUT2D eigenvalue weighted by molar-refractivity contribution is 5.94. The van der Waals surface area contributed by atoms with Crippen LogP contribution in [0.4, 0.5) is 10.1 Å². The van der Waals surface area contributed by atoms with Crippen molar-refractivity contribution in [1.29, 1.82) is 0 Å². The molecule has 1 amide bonds. The normalized spacial score (nSPS) is 11.3. The molecule has 0 bridgehead atoms. The minimum absolute atomic E-state index is 0.325. The van der Waals surface area contributed by atoms with Gasteiger partial charge in [-0.15, -0.1) is 0 Å². The first-order chi connectivity index (χ1) is 12.5. The van der Waals surface area contributed by atoms with Gasteiger partial charge in [-0.05, 0) is 50.2 Å². The maximum Gasteiger partial charge on any atom is 0.347 e. The summed E-state index contributed by atoms with van der Waals surface area (Å²) in [6.07, 6.45) is -0.941. The Morgan fingerprint density at radius 2 is 1.81 bits per heavy atom. The Morgan fingerprint density at radius 1 is 1.12 bits per heavy atom. The summed E-state index contributed by atoms with van der Waals surface area (Å²) in [5.41, 5.74) is 0.492. The molecule has 6 nitrogen and oxygen atoms in total. The van der Waals surface area contributed by atoms with E-state index < -0.39 is 30.4 Å². The summed E-state index contributed by atoms with van der Waals surface area (Å²) in [4.78, 5) is 23.9. The number of rotatable bonds is 8. The number of benzene rings is 2. The van der Waals surface area contributed by atoms with Crippen molar-refractivity contribution in [3.05, 3.63) is 54.3 Å². The molecule has 2 rings (SSSR count). The molecule has 2 aromatic rings. The lowest BCUT2D eigenvalue weighted by molar-refractivity contribution is -0.153. The maximum atomic E-state index is 12.8. The number of anilines is 1. The largest absolute Gasteiger partial charge is 0.492 e. The number of hydrogen-bond donors (Lipinski definition) is 1. The van der Waals surface area contributed by atoms with Gasteiger partial charge in [0.1, 0.15) is 17.3 Å². The van der Waals surface area contributed by atoms with Crippen LogP contribution in [-0.2, 0) is 14.3 Å². The van der Waals surface area contributed by atoms with Gasteiger partial charge in [-0.25, -0.2) is 9.18 Å². The van der Waals surface area contributed by atoms with E-state index in [0.29, 0.717) is 23.8 Å². The van der Waals surface area contributed by atoms with Crippen molar-refractivity contribution >= 4 is 17.6 Å². The number of para-hydroxylation sites is 2. The van der Waals surface area contributed by atoms with Gasteiger partial charge in [-0.1, -0.05) is 12.1 Å². The van der Waals surface area contributed by atoms with Crippen LogP contribution in [0.25, 0.3) is 0 Å². The highest BCUT2D eigenvalue weighted by atomic mass is 19.1. The number of ether oxygens (including phenoxy) is 3. The Kier molecular flexibility index (Phi) is 6.96. The molecule has 26 heavy (non-hydrogen) atoms. The molecule has 0 heterocycles. The van der Waals surface area contributed by atoms with E-state index in [2.05, 4.69) is 5.32 Å². The number of amides is 1. The van der Waals surface area contributed by atoms with Crippen LogP contribution in [-0.4, -0.2) is 31.2 Å². The number of carbonyl (C=O) groups is 2. The highest BCUT2D eigenvalue weighted by Gasteiger charge is 2.18. The summed E-state index contributed by atoms with van der Waals surface area (Å²) in [7, 11) is 0. The molecule has 0 aromatic heterocycles. The predicted molar refractivity (Wildman–Crippen MR) is 93.7 cm³/mol. The SMILES string of the molecule is CCOc1ccccc1NC(=O)COC(=O)[C@@H](C)Oc1ccc(F)cc1. The van der Waals surface area contributed by atoms with Crippen molar-refractivity contribution in [3.8, 4) is 11.5 Å². The van der Waals surface area contributed by atoms with Gasteiger partial charge in [-0.3, -0.25) is 4.79 Å². The summed E-state index contributed by atoms with van der Waals surface area (Å²) >= 11 is 0. The van der Waals surface area contributed by atoms with Crippen LogP contribution >= 0.6 is 0 Å². The smallest absolute Gasteiger partial charge is 0.347 e. The first-order valence-electron chi connectivity index (χ1n) is 8.10. The number of hydrogen-bond acceptors (Lipinski definition) is 5. The third-order valence-electron chi connectivity index (χ3n) is 3.26. The van der Waals surface area contributed by atoms with Gasteiger partial charge in [0.2, 0.25) is 0 Å². The van der Waals surface area contributed by atoms with Crippen LogP contribution in [0.1, 0.15) is 13.8 Å². The predicted octanol–water partition coefficient (Wildman–Crippen LogP) is 3.17. The van der Waals surface area contributed by atoms with E-state index in [0.717, 1.165) is 0 Å². The van der Waals surface area contributed by atoms with Crippen LogP contribution in [0.2, 0.25) is 0 Å². The third kappa shape index (κ3) is 5.77. The highest BCUT2D eigenvalue weighted by Crippen LogP contribution is 2.23. The number of carbonyl (C=O) groups excluding carboxylic acids is 2. The van der Waals surface area contributed by atoms with E-state index in [4.69, 9.17) is 14.2 Å². The molecule has 0 spiro atoms. The van der Waals surface area contributed by atoms with Gasteiger partial charge in [0.25, 0.3) is 5.91 Å². The van der Waals surface area contributed by atoms with Crippen LogP contribution in [0.15, 0.2) is 48.5 Å². The van der Waals surface area contributed by atoms with Gasteiger partial charge in [0.15, 0.2) is 12.7 Å². The fourth-order valence-electron chi connectivity index (χ4n) is 2.06. The monoisotopic (exact) mass is 361 g/mol. The van der Waals surface area contributed by atoms with E-state index >= 15 is 0 Å². The molecular formula is C19H20FNO5. The second-order valence-corrected chi connectivity index (χ2v) is 5.30. The molecule has 0 aliphatic rings. The fraction of sp³-hybridized carbons (Fsp3) is 0.263. The summed E-state index contributed by atoms with van der Waals surface area (Å²) in [6, 6.07) is 12.2. The Morgan fingerprint density at radius 3 is 2.50 bits per heavy atom. The van der Waals surface area contributed by atoms with Crippen LogP contribution in [0.3, 0.4) is 0 Å². The van der Waals surface area contributed by atoms with Crippen molar-refractivity contribution in [3.63, 3.8) is 0 Å². The standard InChI is InChI=1S/C19H20FNO5/c1-3-24-17-7-5-4-6-16(17)21-18(22)12-25-19(23)13(2)26-15-10-8-14(20)9-11-15/h4-11,13H,3,12H2,1-2H3,(H,21,22)/t13-/m1/s1. The molecule has 2 aromatic carbocycles. The lowest BCUT2D eigenvalue weighted by atomic mass is 10.3. The summed E-state index contributed by atoms with van der Waals surface area (Å²) in [5.74, 6) is -0.757. The Balaban J connectivity index is 1.82. The van der Waals surface area contributed by atoms with Crippen molar-refractivity contribution < 1.29 is 28.2 Å². The van der Waals surface area contributed by atoms with Crippen LogP contribution in [0, 0.1) is 5.82 Å². The summed E-state index contributed by atoms with van der Waals surface area (Å²) in [5, 5.41) is 2.62. The van der Waals surface area contributed by atoms with E-state index in [1.807, 2.05) is 6.92 Å². The quantitative estimate of drug-likeness (QED) is 0.731. The molecule has 0 aliphatic carbocycles. The van der Waals surface area contributed by atoms with Gasteiger partial charge in [0.05, 0.1) is 12.3 Å². The number of nitrogens with one attached hydrogen (secondary N) is 1. The Hall–Kier alpha value is -3.09. The molecule has 1 atom stereocenters. The molecule has 7 heteroatoms. The first-order valence-corrected chi connectivity index (χ1v) is 8.10. The lowest BCUT2D eigenvalue weighted by Crippen LogP contribution is -2.29. The fourth-order valence-corrected chi connectivity index (χ4v) is 2.06. The van der Waals surface area contributed by atoms with E-state index in [1.54, 1.807) is 24.3 Å². The zero-order valence-corrected chi connectivity index (χ0v) is 14.5. The molecule has 0 radical (unpaired) electrons. The van der Waals surface area contributed by atoms with Crippen molar-refractivity contribution in [2.75, 3.05) is 18.5 Å². The topological polar surface area (TPSA) is 73.9 Å². The van der Waals surface area contributed by atoms with E-state index in [1.165, 1.54) is 31.2 Å². The molecule has 0 saturated carbocycles. The lowest BCUT2D eigenvalue weighted by Gasteiger charge is -2.14. The minimum atomic E-state index is -0.941. The van der Waals surface area contributed by atoms with Crippen LogP contribution in [0.5, 0.6) is 11.5 Å². The van der Waals surface area contributed by atoms with Gasteiger partial charge < -0.3 is 19.5 Å². The summed E-state index contributed by atoms with van der Waals surface area (Å²) < 4.78 is 28.5. The number of esters is 1. The minimum Gasteiger partial charge on any atom is -0.492 e.